The van der Waals surface area contributed by atoms with E-state index in [0.29, 0.717) is 34.1 Å². The van der Waals surface area contributed by atoms with Crippen LogP contribution in [0.2, 0.25) is 0 Å². The average Bonchev–Trinajstić information content (AvgIpc) is 2.92. The number of nitrogen functional groups attached to an aromatic ring is 1. The highest BCUT2D eigenvalue weighted by Crippen LogP contribution is 2.36. The Bertz CT molecular complexity index is 814. The van der Waals surface area contributed by atoms with E-state index in [9.17, 15) is 4.39 Å². The molecule has 0 unspecified atom stereocenters. The van der Waals surface area contributed by atoms with Gasteiger partial charge in [0.25, 0.3) is 0 Å². The number of aromatic nitrogens is 2. The molecule has 6 heteroatoms. The van der Waals surface area contributed by atoms with Crippen molar-refractivity contribution >= 4 is 16.7 Å². The van der Waals surface area contributed by atoms with Gasteiger partial charge >= 0.3 is 0 Å². The van der Waals surface area contributed by atoms with Crippen molar-refractivity contribution in [1.29, 1.82) is 0 Å². The molecule has 0 aliphatic rings. The van der Waals surface area contributed by atoms with Crippen LogP contribution >= 0.6 is 0 Å². The van der Waals surface area contributed by atoms with Crippen molar-refractivity contribution in [3.8, 4) is 22.9 Å². The van der Waals surface area contributed by atoms with Crippen molar-refractivity contribution in [1.82, 2.24) is 9.97 Å². The SMILES string of the molecule is COc1cc(N)c(-c2nc3c(F)cccc3[nH]2)cc1OC. The fourth-order valence-electron chi connectivity index (χ4n) is 2.22. The molecule has 0 radical (unpaired) electrons. The van der Waals surface area contributed by atoms with Gasteiger partial charge in [-0.05, 0) is 18.2 Å². The second-order valence-corrected chi connectivity index (χ2v) is 4.52. The number of anilines is 1. The highest BCUT2D eigenvalue weighted by Gasteiger charge is 2.15. The Morgan fingerprint density at radius 3 is 2.52 bits per heavy atom. The lowest BCUT2D eigenvalue weighted by atomic mass is 10.1. The van der Waals surface area contributed by atoms with Gasteiger partial charge in [-0.2, -0.15) is 0 Å². The minimum atomic E-state index is -0.381. The van der Waals surface area contributed by atoms with E-state index in [0.717, 1.165) is 0 Å². The molecule has 5 nitrogen and oxygen atoms in total. The summed E-state index contributed by atoms with van der Waals surface area (Å²) < 4.78 is 24.2. The topological polar surface area (TPSA) is 73.2 Å². The summed E-state index contributed by atoms with van der Waals surface area (Å²) in [7, 11) is 3.07. The number of H-pyrrole nitrogens is 1. The number of rotatable bonds is 3. The van der Waals surface area contributed by atoms with Crippen LogP contribution in [0, 0.1) is 5.82 Å². The van der Waals surface area contributed by atoms with Gasteiger partial charge in [-0.1, -0.05) is 6.07 Å². The Morgan fingerprint density at radius 1 is 1.14 bits per heavy atom. The van der Waals surface area contributed by atoms with Gasteiger partial charge in [-0.15, -0.1) is 0 Å². The van der Waals surface area contributed by atoms with Gasteiger partial charge in [-0.25, -0.2) is 9.37 Å². The van der Waals surface area contributed by atoms with Gasteiger partial charge in [0, 0.05) is 17.3 Å². The first-order chi connectivity index (χ1) is 10.1. The monoisotopic (exact) mass is 287 g/mol. The molecule has 3 rings (SSSR count). The van der Waals surface area contributed by atoms with Crippen molar-refractivity contribution in [2.24, 2.45) is 0 Å². The van der Waals surface area contributed by atoms with Crippen LogP contribution in [0.3, 0.4) is 0 Å². The summed E-state index contributed by atoms with van der Waals surface area (Å²) in [5.74, 6) is 1.16. The van der Waals surface area contributed by atoms with Crippen LogP contribution < -0.4 is 15.2 Å². The zero-order valence-corrected chi connectivity index (χ0v) is 11.6. The molecule has 0 amide bonds. The van der Waals surface area contributed by atoms with Crippen LogP contribution in [0.5, 0.6) is 11.5 Å². The highest BCUT2D eigenvalue weighted by atomic mass is 19.1. The summed E-state index contributed by atoms with van der Waals surface area (Å²) in [6, 6.07) is 8.11. The molecule has 0 spiro atoms. The Morgan fingerprint density at radius 2 is 1.86 bits per heavy atom. The first-order valence-electron chi connectivity index (χ1n) is 6.30. The minimum Gasteiger partial charge on any atom is -0.493 e. The zero-order valence-electron chi connectivity index (χ0n) is 11.6. The number of methoxy groups -OCH3 is 2. The zero-order chi connectivity index (χ0) is 15.0. The number of aromatic amines is 1. The Kier molecular flexibility index (Phi) is 3.13. The van der Waals surface area contributed by atoms with Crippen molar-refractivity contribution in [2.75, 3.05) is 20.0 Å². The van der Waals surface area contributed by atoms with Gasteiger partial charge in [0.15, 0.2) is 17.3 Å². The van der Waals surface area contributed by atoms with Gasteiger partial charge in [0.1, 0.15) is 11.3 Å². The number of nitrogens with one attached hydrogen (secondary N) is 1. The van der Waals surface area contributed by atoms with E-state index in [1.165, 1.54) is 20.3 Å². The molecular weight excluding hydrogens is 273 g/mol. The largest absolute Gasteiger partial charge is 0.493 e. The third kappa shape index (κ3) is 2.14. The number of hydrogen-bond donors (Lipinski definition) is 2. The van der Waals surface area contributed by atoms with Gasteiger partial charge in [0.05, 0.1) is 19.7 Å². The Balaban J connectivity index is 2.20. The number of para-hydroxylation sites is 1. The maximum atomic E-state index is 13.7. The van der Waals surface area contributed by atoms with Crippen molar-refractivity contribution in [3.05, 3.63) is 36.1 Å². The van der Waals surface area contributed by atoms with Crippen LogP contribution in [0.25, 0.3) is 22.4 Å². The van der Waals surface area contributed by atoms with Crippen LogP contribution in [0.15, 0.2) is 30.3 Å². The molecule has 0 atom stereocenters. The molecule has 3 N–H and O–H groups in total. The minimum absolute atomic E-state index is 0.279. The number of hydrogen-bond acceptors (Lipinski definition) is 4. The third-order valence-corrected chi connectivity index (χ3v) is 3.27. The maximum absolute atomic E-state index is 13.7. The summed E-state index contributed by atoms with van der Waals surface area (Å²) in [4.78, 5) is 7.32. The molecule has 0 fully saturated rings. The molecule has 2 aromatic carbocycles. The first kappa shape index (κ1) is 13.2. The third-order valence-electron chi connectivity index (χ3n) is 3.27. The summed E-state index contributed by atoms with van der Waals surface area (Å²) in [6.07, 6.45) is 0. The van der Waals surface area contributed by atoms with E-state index in [2.05, 4.69) is 9.97 Å². The van der Waals surface area contributed by atoms with E-state index < -0.39 is 0 Å². The quantitative estimate of drug-likeness (QED) is 0.726. The average molecular weight is 287 g/mol. The predicted molar refractivity (Wildman–Crippen MR) is 79.0 cm³/mol. The van der Waals surface area contributed by atoms with E-state index in [1.807, 2.05) is 0 Å². The van der Waals surface area contributed by atoms with Gasteiger partial charge in [-0.3, -0.25) is 0 Å². The van der Waals surface area contributed by atoms with Gasteiger partial charge in [0.2, 0.25) is 0 Å². The number of imidazole rings is 1. The normalized spacial score (nSPS) is 10.8. The molecule has 0 aliphatic carbocycles. The number of benzene rings is 2. The Labute approximate surface area is 120 Å². The second-order valence-electron chi connectivity index (χ2n) is 4.52. The molecule has 21 heavy (non-hydrogen) atoms. The predicted octanol–water partition coefficient (Wildman–Crippen LogP) is 2.97. The van der Waals surface area contributed by atoms with Gasteiger partial charge < -0.3 is 20.2 Å². The van der Waals surface area contributed by atoms with Crippen LogP contribution in [-0.2, 0) is 0 Å². The lowest BCUT2D eigenvalue weighted by Crippen LogP contribution is -1.96. The fraction of sp³-hybridized carbons (Fsp3) is 0.133. The fourth-order valence-corrected chi connectivity index (χ4v) is 2.22. The molecule has 1 aromatic heterocycles. The lowest BCUT2D eigenvalue weighted by molar-refractivity contribution is 0.355. The first-order valence-corrected chi connectivity index (χ1v) is 6.30. The molecule has 3 aromatic rings. The maximum Gasteiger partial charge on any atom is 0.162 e. The Hall–Kier alpha value is -2.76. The summed E-state index contributed by atoms with van der Waals surface area (Å²) >= 11 is 0. The lowest BCUT2D eigenvalue weighted by Gasteiger charge is -2.11. The number of ether oxygens (including phenoxy) is 2. The molecule has 108 valence electrons. The summed E-state index contributed by atoms with van der Waals surface area (Å²) in [5, 5.41) is 0. The number of fused-ring (bicyclic) bond motifs is 1. The summed E-state index contributed by atoms with van der Waals surface area (Å²) in [5.41, 5.74) is 8.01. The number of nitrogens with zero attached hydrogens (tertiary/aromatic N) is 1. The molecule has 1 heterocycles. The molecule has 0 aliphatic heterocycles. The van der Waals surface area contributed by atoms with Crippen molar-refractivity contribution < 1.29 is 13.9 Å². The number of nitrogens with two attached hydrogens (primary N) is 1. The van der Waals surface area contributed by atoms with Crippen LogP contribution in [0.4, 0.5) is 10.1 Å². The van der Waals surface area contributed by atoms with Crippen LogP contribution in [0.1, 0.15) is 0 Å². The smallest absolute Gasteiger partial charge is 0.162 e. The van der Waals surface area contributed by atoms with Crippen molar-refractivity contribution in [3.63, 3.8) is 0 Å². The molecular formula is C15H14FN3O2. The highest BCUT2D eigenvalue weighted by molar-refractivity contribution is 5.84. The number of halogens is 1. The van der Waals surface area contributed by atoms with E-state index >= 15 is 0 Å². The van der Waals surface area contributed by atoms with E-state index in [1.54, 1.807) is 24.3 Å². The second kappa shape index (κ2) is 4.97. The van der Waals surface area contributed by atoms with E-state index in [-0.39, 0.29) is 11.3 Å². The molecule has 0 saturated heterocycles. The van der Waals surface area contributed by atoms with Crippen LogP contribution in [-0.4, -0.2) is 24.2 Å². The van der Waals surface area contributed by atoms with E-state index in [4.69, 9.17) is 15.2 Å². The standard InChI is InChI=1S/C15H14FN3O2/c1-20-12-6-8(10(17)7-13(12)21-2)15-18-11-5-3-4-9(16)14(11)19-15/h3-7H,17H2,1-2H3,(H,18,19). The molecule has 0 bridgehead atoms. The summed E-state index contributed by atoms with van der Waals surface area (Å²) in [6.45, 7) is 0. The van der Waals surface area contributed by atoms with Crippen molar-refractivity contribution in [2.45, 2.75) is 0 Å². The molecule has 0 saturated carbocycles.